The van der Waals surface area contributed by atoms with E-state index in [4.69, 9.17) is 14.2 Å². The Morgan fingerprint density at radius 2 is 0.609 bits per heavy atom. The van der Waals surface area contributed by atoms with Crippen LogP contribution in [0.4, 0.5) is 0 Å². The molecule has 6 heteroatoms. The number of carbonyl (C=O) groups is 3. The second kappa shape index (κ2) is 53.0. The van der Waals surface area contributed by atoms with Gasteiger partial charge >= 0.3 is 17.9 Å². The molecule has 0 radical (unpaired) electrons. The third kappa shape index (κ3) is 50.4. The Kier molecular flexibility index (Phi) is 50.8. The van der Waals surface area contributed by atoms with E-state index in [9.17, 15) is 14.4 Å². The van der Waals surface area contributed by atoms with Crippen molar-refractivity contribution >= 4 is 17.9 Å². The molecule has 0 aliphatic heterocycles. The Morgan fingerprint density at radius 3 is 0.969 bits per heavy atom. The number of ether oxygens (including phenoxy) is 3. The van der Waals surface area contributed by atoms with Crippen LogP contribution in [0.3, 0.4) is 0 Å². The summed E-state index contributed by atoms with van der Waals surface area (Å²) in [7, 11) is 0. The van der Waals surface area contributed by atoms with Crippen LogP contribution in [0, 0.1) is 0 Å². The maximum absolute atomic E-state index is 12.8. The van der Waals surface area contributed by atoms with E-state index in [2.05, 4.69) is 69.4 Å². The van der Waals surface area contributed by atoms with E-state index in [1.54, 1.807) is 0 Å². The minimum atomic E-state index is -0.783. The second-order valence-corrected chi connectivity index (χ2v) is 18.5. The van der Waals surface area contributed by atoms with Gasteiger partial charge < -0.3 is 14.2 Å². The molecule has 0 aliphatic carbocycles. The van der Waals surface area contributed by atoms with E-state index in [0.717, 1.165) is 103 Å². The van der Waals surface area contributed by atoms with Crippen LogP contribution in [0.25, 0.3) is 0 Å². The zero-order valence-corrected chi connectivity index (χ0v) is 42.6. The van der Waals surface area contributed by atoms with Crippen LogP contribution in [0.15, 0.2) is 48.6 Å². The van der Waals surface area contributed by atoms with E-state index < -0.39 is 6.10 Å². The lowest BCUT2D eigenvalue weighted by Crippen LogP contribution is -2.30. The van der Waals surface area contributed by atoms with Gasteiger partial charge in [-0.1, -0.05) is 236 Å². The molecule has 0 N–H and O–H groups in total. The molecule has 0 saturated heterocycles. The first-order valence-corrected chi connectivity index (χ1v) is 27.6. The molecular formula is C58H104O6. The summed E-state index contributed by atoms with van der Waals surface area (Å²) >= 11 is 0. The molecule has 0 rings (SSSR count). The normalized spacial score (nSPS) is 12.4. The first-order valence-electron chi connectivity index (χ1n) is 27.6. The molecular weight excluding hydrogens is 793 g/mol. The fourth-order valence-corrected chi connectivity index (χ4v) is 7.92. The molecule has 0 spiro atoms. The summed E-state index contributed by atoms with van der Waals surface area (Å²) in [5.41, 5.74) is 0. The SMILES string of the molecule is CC/C=C\C/C=C\C/C=C\CCCCCCCC(=O)OC(COC(=O)CCCCCCC/C=C\CCCCCCC)COC(=O)CCCCCCCCCCCCCCCCCCC. The van der Waals surface area contributed by atoms with Crippen molar-refractivity contribution in [2.75, 3.05) is 13.2 Å². The molecule has 0 aromatic heterocycles. The van der Waals surface area contributed by atoms with Gasteiger partial charge in [-0.15, -0.1) is 0 Å². The zero-order chi connectivity index (χ0) is 46.5. The van der Waals surface area contributed by atoms with Gasteiger partial charge in [-0.2, -0.15) is 0 Å². The molecule has 1 unspecified atom stereocenters. The summed E-state index contributed by atoms with van der Waals surface area (Å²) in [5.74, 6) is -0.894. The monoisotopic (exact) mass is 897 g/mol. The molecule has 0 aromatic carbocycles. The quantitative estimate of drug-likeness (QED) is 0.0262. The largest absolute Gasteiger partial charge is 0.462 e. The van der Waals surface area contributed by atoms with Gasteiger partial charge in [0.2, 0.25) is 0 Å². The standard InChI is InChI=1S/C58H104O6/c1-4-7-10-13-16-19-22-25-28-29-31-33-36-39-42-45-48-51-57(60)63-54-55(53-62-56(59)50-47-44-41-38-35-32-27-24-21-18-15-12-9-6-3)64-58(61)52-49-46-43-40-37-34-30-26-23-20-17-14-11-8-5-2/h8,11,17,20,24,26-27,30,55H,4-7,9-10,12-16,18-19,21-23,25,28-29,31-54H2,1-3H3/b11-8-,20-17-,27-24-,30-26-. The van der Waals surface area contributed by atoms with Crippen molar-refractivity contribution in [2.24, 2.45) is 0 Å². The minimum absolute atomic E-state index is 0.0800. The highest BCUT2D eigenvalue weighted by atomic mass is 16.6. The number of allylic oxidation sites excluding steroid dienone is 8. The average molecular weight is 897 g/mol. The Hall–Kier alpha value is -2.63. The zero-order valence-electron chi connectivity index (χ0n) is 42.6. The van der Waals surface area contributed by atoms with E-state index in [1.165, 1.54) is 141 Å². The van der Waals surface area contributed by atoms with Crippen molar-refractivity contribution in [2.45, 2.75) is 290 Å². The van der Waals surface area contributed by atoms with Gasteiger partial charge in [0.05, 0.1) is 0 Å². The van der Waals surface area contributed by atoms with Crippen LogP contribution in [0.2, 0.25) is 0 Å². The number of unbranched alkanes of at least 4 members (excludes halogenated alkanes) is 31. The summed E-state index contributed by atoms with van der Waals surface area (Å²) in [6.07, 6.45) is 63.8. The number of rotatable bonds is 50. The van der Waals surface area contributed by atoms with Crippen LogP contribution >= 0.6 is 0 Å². The van der Waals surface area contributed by atoms with Crippen LogP contribution < -0.4 is 0 Å². The molecule has 0 bridgehead atoms. The van der Waals surface area contributed by atoms with Gasteiger partial charge in [0, 0.05) is 19.3 Å². The fourth-order valence-electron chi connectivity index (χ4n) is 7.92. The van der Waals surface area contributed by atoms with Crippen LogP contribution in [0.1, 0.15) is 284 Å². The van der Waals surface area contributed by atoms with Crippen molar-refractivity contribution < 1.29 is 28.6 Å². The first kappa shape index (κ1) is 61.4. The van der Waals surface area contributed by atoms with Crippen molar-refractivity contribution in [3.05, 3.63) is 48.6 Å². The highest BCUT2D eigenvalue weighted by molar-refractivity contribution is 5.71. The van der Waals surface area contributed by atoms with E-state index in [-0.39, 0.29) is 31.1 Å². The van der Waals surface area contributed by atoms with Crippen molar-refractivity contribution in [3.8, 4) is 0 Å². The molecule has 1 atom stereocenters. The van der Waals surface area contributed by atoms with E-state index in [0.29, 0.717) is 19.3 Å². The first-order chi connectivity index (χ1) is 31.5. The predicted molar refractivity (Wildman–Crippen MR) is 275 cm³/mol. The van der Waals surface area contributed by atoms with Crippen LogP contribution in [-0.2, 0) is 28.6 Å². The third-order valence-electron chi connectivity index (χ3n) is 12.1. The van der Waals surface area contributed by atoms with Gasteiger partial charge in [0.1, 0.15) is 13.2 Å². The van der Waals surface area contributed by atoms with Gasteiger partial charge in [-0.05, 0) is 77.0 Å². The number of esters is 3. The predicted octanol–water partition coefficient (Wildman–Crippen LogP) is 18.3. The van der Waals surface area contributed by atoms with E-state index in [1.807, 2.05) is 0 Å². The lowest BCUT2D eigenvalue weighted by Gasteiger charge is -2.18. The van der Waals surface area contributed by atoms with E-state index >= 15 is 0 Å². The second-order valence-electron chi connectivity index (χ2n) is 18.5. The topological polar surface area (TPSA) is 78.9 Å². The van der Waals surface area contributed by atoms with Gasteiger partial charge in [0.15, 0.2) is 6.10 Å². The average Bonchev–Trinajstić information content (AvgIpc) is 3.29. The number of hydrogen-bond acceptors (Lipinski definition) is 6. The van der Waals surface area contributed by atoms with Crippen LogP contribution in [-0.4, -0.2) is 37.2 Å². The number of hydrogen-bond donors (Lipinski definition) is 0. The van der Waals surface area contributed by atoms with Crippen molar-refractivity contribution in [1.29, 1.82) is 0 Å². The van der Waals surface area contributed by atoms with Gasteiger partial charge in [-0.25, -0.2) is 0 Å². The van der Waals surface area contributed by atoms with Crippen LogP contribution in [0.5, 0.6) is 0 Å². The highest BCUT2D eigenvalue weighted by Gasteiger charge is 2.19. The van der Waals surface area contributed by atoms with Crippen molar-refractivity contribution in [3.63, 3.8) is 0 Å². The third-order valence-corrected chi connectivity index (χ3v) is 12.1. The molecule has 0 aliphatic rings. The molecule has 6 nitrogen and oxygen atoms in total. The Morgan fingerprint density at radius 1 is 0.328 bits per heavy atom. The summed E-state index contributed by atoms with van der Waals surface area (Å²) in [5, 5.41) is 0. The van der Waals surface area contributed by atoms with Gasteiger partial charge in [-0.3, -0.25) is 14.4 Å². The maximum Gasteiger partial charge on any atom is 0.306 e. The fraction of sp³-hybridized carbons (Fsp3) is 0.810. The minimum Gasteiger partial charge on any atom is -0.462 e. The summed E-state index contributed by atoms with van der Waals surface area (Å²) in [6, 6.07) is 0. The lowest BCUT2D eigenvalue weighted by atomic mass is 10.0. The Balaban J connectivity index is 4.37. The van der Waals surface area contributed by atoms with Gasteiger partial charge in [0.25, 0.3) is 0 Å². The molecule has 0 aromatic rings. The molecule has 372 valence electrons. The summed E-state index contributed by atoms with van der Waals surface area (Å²) in [6.45, 7) is 6.53. The molecule has 0 heterocycles. The maximum atomic E-state index is 12.8. The lowest BCUT2D eigenvalue weighted by molar-refractivity contribution is -0.167. The van der Waals surface area contributed by atoms with Crippen molar-refractivity contribution in [1.82, 2.24) is 0 Å². The Bertz CT molecular complexity index is 1120. The smallest absolute Gasteiger partial charge is 0.306 e. The Labute approximate surface area is 397 Å². The highest BCUT2D eigenvalue weighted by Crippen LogP contribution is 2.16. The summed E-state index contributed by atoms with van der Waals surface area (Å²) in [4.78, 5) is 38.1. The summed E-state index contributed by atoms with van der Waals surface area (Å²) < 4.78 is 16.8. The molecule has 0 saturated carbocycles. The molecule has 0 amide bonds. The number of carbonyl (C=O) groups excluding carboxylic acids is 3. The molecule has 64 heavy (non-hydrogen) atoms. The molecule has 0 fully saturated rings.